The largest absolute Gasteiger partial charge is 0.481 e. The number of carboxylic acids is 1. The Morgan fingerprint density at radius 2 is 1.95 bits per heavy atom. The Labute approximate surface area is 135 Å². The second-order valence-electron chi connectivity index (χ2n) is 4.88. The molecule has 6 nitrogen and oxygen atoms in total. The molecule has 116 valence electrons. The second-order valence-corrected chi connectivity index (χ2v) is 5.80. The van der Waals surface area contributed by atoms with Crippen molar-refractivity contribution in [2.24, 2.45) is 5.92 Å². The molecule has 0 aliphatic rings. The van der Waals surface area contributed by atoms with Gasteiger partial charge in [-0.15, -0.1) is 0 Å². The lowest BCUT2D eigenvalue weighted by Gasteiger charge is -2.22. The minimum absolute atomic E-state index is 0.122. The quantitative estimate of drug-likeness (QED) is 0.848. The fraction of sp³-hybridized carbons (Fsp3) is 0.267. The maximum Gasteiger partial charge on any atom is 0.308 e. The zero-order valence-corrected chi connectivity index (χ0v) is 13.6. The van der Waals surface area contributed by atoms with Gasteiger partial charge in [0.25, 0.3) is 5.91 Å². The highest BCUT2D eigenvalue weighted by Crippen LogP contribution is 2.24. The number of halogens is 1. The van der Waals surface area contributed by atoms with Crippen molar-refractivity contribution in [2.75, 3.05) is 0 Å². The molecular formula is C15H15BrN2O4. The van der Waals surface area contributed by atoms with Crippen LogP contribution < -0.4 is 5.32 Å². The topological polar surface area (TPSA) is 92.4 Å². The first-order valence-corrected chi connectivity index (χ1v) is 7.39. The highest BCUT2D eigenvalue weighted by Gasteiger charge is 2.28. The lowest BCUT2D eigenvalue weighted by atomic mass is 9.94. The fourth-order valence-electron chi connectivity index (χ4n) is 1.99. The Kier molecular flexibility index (Phi) is 4.97. The third-order valence-electron chi connectivity index (χ3n) is 3.26. The number of hydrogen-bond acceptors (Lipinski definition) is 4. The average molecular weight is 367 g/mol. The van der Waals surface area contributed by atoms with Gasteiger partial charge in [-0.1, -0.05) is 28.1 Å². The van der Waals surface area contributed by atoms with E-state index >= 15 is 0 Å². The van der Waals surface area contributed by atoms with E-state index in [1.807, 2.05) is 0 Å². The Hall–Kier alpha value is -2.15. The SMILES string of the molecule is Cc1nc(C(=O)NC(c2ccc(Br)cc2)C(C)C(=O)O)co1. The molecule has 1 aromatic carbocycles. The van der Waals surface area contributed by atoms with Gasteiger partial charge in [-0.05, 0) is 24.6 Å². The van der Waals surface area contributed by atoms with E-state index in [0.717, 1.165) is 4.47 Å². The highest BCUT2D eigenvalue weighted by atomic mass is 79.9. The summed E-state index contributed by atoms with van der Waals surface area (Å²) in [6, 6.07) is 6.45. The van der Waals surface area contributed by atoms with Crippen LogP contribution in [0.15, 0.2) is 39.4 Å². The van der Waals surface area contributed by atoms with E-state index in [0.29, 0.717) is 11.5 Å². The number of aromatic nitrogens is 1. The van der Waals surface area contributed by atoms with Gasteiger partial charge in [0.15, 0.2) is 11.6 Å². The van der Waals surface area contributed by atoms with Crippen molar-refractivity contribution in [3.8, 4) is 0 Å². The van der Waals surface area contributed by atoms with Crippen molar-refractivity contribution in [1.29, 1.82) is 0 Å². The molecule has 0 saturated heterocycles. The van der Waals surface area contributed by atoms with Gasteiger partial charge in [-0.3, -0.25) is 9.59 Å². The van der Waals surface area contributed by atoms with Crippen LogP contribution in [0.1, 0.15) is 34.9 Å². The second kappa shape index (κ2) is 6.74. The number of hydrogen-bond donors (Lipinski definition) is 2. The molecule has 2 N–H and O–H groups in total. The van der Waals surface area contributed by atoms with E-state index in [9.17, 15) is 14.7 Å². The number of oxazole rings is 1. The van der Waals surface area contributed by atoms with Gasteiger partial charge in [0, 0.05) is 11.4 Å². The zero-order valence-electron chi connectivity index (χ0n) is 12.0. The van der Waals surface area contributed by atoms with Crippen LogP contribution >= 0.6 is 15.9 Å². The number of carbonyl (C=O) groups excluding carboxylic acids is 1. The van der Waals surface area contributed by atoms with E-state index in [-0.39, 0.29) is 5.69 Å². The Morgan fingerprint density at radius 1 is 1.32 bits per heavy atom. The van der Waals surface area contributed by atoms with Gasteiger partial charge in [0.1, 0.15) is 6.26 Å². The van der Waals surface area contributed by atoms with E-state index in [1.54, 1.807) is 38.1 Å². The normalized spacial score (nSPS) is 13.4. The summed E-state index contributed by atoms with van der Waals surface area (Å²) in [5.41, 5.74) is 0.823. The van der Waals surface area contributed by atoms with Gasteiger partial charge >= 0.3 is 5.97 Å². The van der Waals surface area contributed by atoms with Crippen molar-refractivity contribution in [3.63, 3.8) is 0 Å². The van der Waals surface area contributed by atoms with Crippen LogP contribution in [0.4, 0.5) is 0 Å². The lowest BCUT2D eigenvalue weighted by molar-refractivity contribution is -0.142. The maximum atomic E-state index is 12.2. The molecule has 1 amide bonds. The summed E-state index contributed by atoms with van der Waals surface area (Å²) in [6.45, 7) is 3.17. The first kappa shape index (κ1) is 16.2. The van der Waals surface area contributed by atoms with Crippen LogP contribution in [0, 0.1) is 12.8 Å². The molecular weight excluding hydrogens is 352 g/mol. The predicted octanol–water partition coefficient (Wildman–Crippen LogP) is 2.94. The number of aliphatic carboxylic acids is 1. The van der Waals surface area contributed by atoms with Crippen LogP contribution in [0.25, 0.3) is 0 Å². The minimum Gasteiger partial charge on any atom is -0.481 e. The Morgan fingerprint density at radius 3 is 2.45 bits per heavy atom. The third kappa shape index (κ3) is 3.73. The van der Waals surface area contributed by atoms with Gasteiger partial charge in [-0.2, -0.15) is 0 Å². The van der Waals surface area contributed by atoms with Gasteiger partial charge in [0.05, 0.1) is 12.0 Å². The summed E-state index contributed by atoms with van der Waals surface area (Å²) < 4.78 is 5.87. The first-order valence-electron chi connectivity index (χ1n) is 6.59. The first-order chi connectivity index (χ1) is 10.4. The number of rotatable bonds is 5. The molecule has 0 saturated carbocycles. The smallest absolute Gasteiger partial charge is 0.308 e. The van der Waals surface area contributed by atoms with Crippen LogP contribution in [0.3, 0.4) is 0 Å². The van der Waals surface area contributed by atoms with E-state index in [2.05, 4.69) is 26.2 Å². The van der Waals surface area contributed by atoms with E-state index in [1.165, 1.54) is 6.26 Å². The number of nitrogens with one attached hydrogen (secondary N) is 1. The predicted molar refractivity (Wildman–Crippen MR) is 82.4 cm³/mol. The molecule has 0 fully saturated rings. The van der Waals surface area contributed by atoms with Crippen LogP contribution in [-0.4, -0.2) is 22.0 Å². The lowest BCUT2D eigenvalue weighted by Crippen LogP contribution is -2.35. The maximum absolute atomic E-state index is 12.2. The molecule has 7 heteroatoms. The Balaban J connectivity index is 2.26. The molecule has 22 heavy (non-hydrogen) atoms. The standard InChI is InChI=1S/C15H15BrN2O4/c1-8(15(20)21)13(10-3-5-11(16)6-4-10)18-14(19)12-7-22-9(2)17-12/h3-8,13H,1-2H3,(H,18,19)(H,20,21). The van der Waals surface area contributed by atoms with Crippen molar-refractivity contribution in [3.05, 3.63) is 52.1 Å². The molecule has 1 aromatic heterocycles. The summed E-state index contributed by atoms with van der Waals surface area (Å²) in [4.78, 5) is 27.5. The van der Waals surface area contributed by atoms with Gasteiger partial charge in [0.2, 0.25) is 0 Å². The van der Waals surface area contributed by atoms with Crippen molar-refractivity contribution < 1.29 is 19.1 Å². The monoisotopic (exact) mass is 366 g/mol. The third-order valence-corrected chi connectivity index (χ3v) is 3.79. The molecule has 0 radical (unpaired) electrons. The summed E-state index contributed by atoms with van der Waals surface area (Å²) in [7, 11) is 0. The molecule has 2 atom stereocenters. The Bertz CT molecular complexity index is 681. The van der Waals surface area contributed by atoms with E-state index in [4.69, 9.17) is 4.42 Å². The average Bonchev–Trinajstić information content (AvgIpc) is 2.91. The molecule has 0 aliphatic heterocycles. The van der Waals surface area contributed by atoms with Crippen molar-refractivity contribution >= 4 is 27.8 Å². The number of benzene rings is 1. The molecule has 1 heterocycles. The molecule has 2 rings (SSSR count). The number of amides is 1. The molecule has 0 bridgehead atoms. The number of nitrogens with zero attached hydrogens (tertiary/aromatic N) is 1. The number of carboxylic acid groups (broad SMARTS) is 1. The summed E-state index contributed by atoms with van der Waals surface area (Å²) in [6.07, 6.45) is 1.24. The molecule has 2 unspecified atom stereocenters. The molecule has 2 aromatic rings. The molecule has 0 spiro atoms. The summed E-state index contributed by atoms with van der Waals surface area (Å²) in [5.74, 6) is -1.89. The van der Waals surface area contributed by atoms with Gasteiger partial charge < -0.3 is 14.8 Å². The van der Waals surface area contributed by atoms with Crippen LogP contribution in [-0.2, 0) is 4.79 Å². The minimum atomic E-state index is -0.996. The highest BCUT2D eigenvalue weighted by molar-refractivity contribution is 9.10. The summed E-state index contributed by atoms with van der Waals surface area (Å²) >= 11 is 3.32. The molecule has 0 aliphatic carbocycles. The zero-order chi connectivity index (χ0) is 16.3. The van der Waals surface area contributed by atoms with Crippen molar-refractivity contribution in [1.82, 2.24) is 10.3 Å². The van der Waals surface area contributed by atoms with Crippen LogP contribution in [0.2, 0.25) is 0 Å². The number of carbonyl (C=O) groups is 2. The number of aryl methyl sites for hydroxylation is 1. The van der Waals surface area contributed by atoms with Crippen molar-refractivity contribution in [2.45, 2.75) is 19.9 Å². The van der Waals surface area contributed by atoms with E-state index < -0.39 is 23.8 Å². The van der Waals surface area contributed by atoms with Gasteiger partial charge in [-0.25, -0.2) is 4.98 Å². The van der Waals surface area contributed by atoms with Crippen LogP contribution in [0.5, 0.6) is 0 Å². The summed E-state index contributed by atoms with van der Waals surface area (Å²) in [5, 5.41) is 12.0. The fourth-order valence-corrected chi connectivity index (χ4v) is 2.26.